The van der Waals surface area contributed by atoms with Gasteiger partial charge in [0.05, 0.1) is 28.8 Å². The first-order valence-corrected chi connectivity index (χ1v) is 9.00. The molecule has 25 heavy (non-hydrogen) atoms. The number of rotatable bonds is 2. The number of nitrogens with zero attached hydrogens (tertiary/aromatic N) is 1. The Hall–Kier alpha value is -2.06. The SMILES string of the molecule is Cc1ccc2c(c1)N(S(=O)(=O)c1cccc(C(F)(F)F)c1)C[C@H](O)C2. The van der Waals surface area contributed by atoms with Gasteiger partial charge in [0, 0.05) is 6.42 Å². The molecular weight excluding hydrogens is 355 g/mol. The number of benzene rings is 2. The fraction of sp³-hybridized carbons (Fsp3) is 0.294. The van der Waals surface area contributed by atoms with Crippen LogP contribution in [-0.2, 0) is 22.6 Å². The molecule has 2 aromatic carbocycles. The van der Waals surface area contributed by atoms with Crippen LogP contribution in [0.4, 0.5) is 18.9 Å². The van der Waals surface area contributed by atoms with Gasteiger partial charge in [-0.05, 0) is 42.3 Å². The Morgan fingerprint density at radius 1 is 1.16 bits per heavy atom. The summed E-state index contributed by atoms with van der Waals surface area (Å²) in [6.45, 7) is 1.59. The second-order valence-electron chi connectivity index (χ2n) is 6.05. The van der Waals surface area contributed by atoms with Crippen molar-refractivity contribution in [1.82, 2.24) is 0 Å². The van der Waals surface area contributed by atoms with Crippen molar-refractivity contribution in [3.63, 3.8) is 0 Å². The smallest absolute Gasteiger partial charge is 0.391 e. The maximum Gasteiger partial charge on any atom is 0.416 e. The van der Waals surface area contributed by atoms with Gasteiger partial charge in [-0.1, -0.05) is 18.2 Å². The van der Waals surface area contributed by atoms with Crippen molar-refractivity contribution >= 4 is 15.7 Å². The average Bonchev–Trinajstić information content (AvgIpc) is 2.54. The van der Waals surface area contributed by atoms with Crippen LogP contribution >= 0.6 is 0 Å². The first-order chi connectivity index (χ1) is 11.6. The molecule has 8 heteroatoms. The summed E-state index contributed by atoms with van der Waals surface area (Å²) in [4.78, 5) is -0.455. The lowest BCUT2D eigenvalue weighted by Gasteiger charge is -2.33. The molecule has 0 saturated carbocycles. The molecule has 0 bridgehead atoms. The van der Waals surface area contributed by atoms with Crippen molar-refractivity contribution in [1.29, 1.82) is 0 Å². The molecule has 1 aliphatic rings. The van der Waals surface area contributed by atoms with Crippen LogP contribution in [0.2, 0.25) is 0 Å². The van der Waals surface area contributed by atoms with Crippen LogP contribution in [0, 0.1) is 6.92 Å². The van der Waals surface area contributed by atoms with Crippen molar-refractivity contribution in [2.45, 2.75) is 30.5 Å². The molecule has 0 aliphatic carbocycles. The number of alkyl halides is 3. The zero-order chi connectivity index (χ0) is 18.4. The van der Waals surface area contributed by atoms with Crippen LogP contribution in [0.25, 0.3) is 0 Å². The summed E-state index contributed by atoms with van der Waals surface area (Å²) in [5.74, 6) is 0. The number of sulfonamides is 1. The molecule has 0 radical (unpaired) electrons. The van der Waals surface area contributed by atoms with E-state index in [1.807, 2.05) is 0 Å². The molecule has 4 nitrogen and oxygen atoms in total. The lowest BCUT2D eigenvalue weighted by atomic mass is 10.00. The molecule has 134 valence electrons. The minimum Gasteiger partial charge on any atom is -0.391 e. The number of hydrogen-bond acceptors (Lipinski definition) is 3. The normalized spacial score (nSPS) is 18.1. The first kappa shape index (κ1) is 17.8. The summed E-state index contributed by atoms with van der Waals surface area (Å²) in [6.07, 6.45) is -5.26. The van der Waals surface area contributed by atoms with E-state index in [-0.39, 0.29) is 6.54 Å². The van der Waals surface area contributed by atoms with E-state index in [9.17, 15) is 26.7 Å². The molecule has 1 N–H and O–H groups in total. The Morgan fingerprint density at radius 3 is 2.56 bits per heavy atom. The molecule has 1 heterocycles. The van der Waals surface area contributed by atoms with Gasteiger partial charge in [0.1, 0.15) is 0 Å². The third-order valence-corrected chi connectivity index (χ3v) is 5.87. The minimum absolute atomic E-state index is 0.199. The zero-order valence-corrected chi connectivity index (χ0v) is 14.1. The Labute approximate surface area is 143 Å². The summed E-state index contributed by atoms with van der Waals surface area (Å²) >= 11 is 0. The Morgan fingerprint density at radius 2 is 1.88 bits per heavy atom. The highest BCUT2D eigenvalue weighted by Crippen LogP contribution is 2.35. The van der Waals surface area contributed by atoms with Crippen molar-refractivity contribution in [2.75, 3.05) is 10.8 Å². The lowest BCUT2D eigenvalue weighted by Crippen LogP contribution is -2.42. The summed E-state index contributed by atoms with van der Waals surface area (Å²) in [6, 6.07) is 8.81. The summed E-state index contributed by atoms with van der Waals surface area (Å²) in [5, 5.41) is 10.0. The number of aliphatic hydroxyl groups is 1. The molecule has 0 aromatic heterocycles. The Balaban J connectivity index is 2.11. The van der Waals surface area contributed by atoms with Gasteiger partial charge in [-0.2, -0.15) is 13.2 Å². The predicted molar refractivity (Wildman–Crippen MR) is 86.9 cm³/mol. The Kier molecular flexibility index (Phi) is 4.28. The van der Waals surface area contributed by atoms with E-state index in [4.69, 9.17) is 0 Å². The van der Waals surface area contributed by atoms with Crippen LogP contribution in [0.15, 0.2) is 47.4 Å². The number of aryl methyl sites for hydroxylation is 1. The second kappa shape index (κ2) is 6.03. The first-order valence-electron chi connectivity index (χ1n) is 7.56. The number of hydrogen-bond donors (Lipinski definition) is 1. The van der Waals surface area contributed by atoms with Crippen LogP contribution in [0.5, 0.6) is 0 Å². The van der Waals surface area contributed by atoms with Crippen LogP contribution in [-0.4, -0.2) is 26.2 Å². The number of fused-ring (bicyclic) bond motifs is 1. The average molecular weight is 371 g/mol. The second-order valence-corrected chi connectivity index (χ2v) is 7.91. The molecule has 0 amide bonds. The van der Waals surface area contributed by atoms with Gasteiger partial charge in [-0.25, -0.2) is 8.42 Å². The van der Waals surface area contributed by atoms with Crippen molar-refractivity contribution in [3.8, 4) is 0 Å². The quantitative estimate of drug-likeness (QED) is 0.883. The third-order valence-electron chi connectivity index (χ3n) is 4.09. The lowest BCUT2D eigenvalue weighted by molar-refractivity contribution is -0.137. The molecule has 0 fully saturated rings. The van der Waals surface area contributed by atoms with Crippen LogP contribution < -0.4 is 4.31 Å². The molecule has 0 spiro atoms. The molecule has 0 saturated heterocycles. The highest BCUT2D eigenvalue weighted by Gasteiger charge is 2.35. The molecular formula is C17H16F3NO3S. The van der Waals surface area contributed by atoms with Gasteiger partial charge < -0.3 is 5.11 Å². The predicted octanol–water partition coefficient (Wildman–Crippen LogP) is 3.13. The molecule has 1 aliphatic heterocycles. The monoisotopic (exact) mass is 371 g/mol. The van der Waals surface area contributed by atoms with Gasteiger partial charge >= 0.3 is 6.18 Å². The maximum absolute atomic E-state index is 12.9. The minimum atomic E-state index is -4.64. The van der Waals surface area contributed by atoms with Gasteiger partial charge in [-0.3, -0.25) is 4.31 Å². The van der Waals surface area contributed by atoms with E-state index in [1.54, 1.807) is 25.1 Å². The molecule has 0 unspecified atom stereocenters. The highest BCUT2D eigenvalue weighted by atomic mass is 32.2. The number of aliphatic hydroxyl groups excluding tert-OH is 1. The summed E-state index contributed by atoms with van der Waals surface area (Å²) < 4.78 is 65.6. The van der Waals surface area contributed by atoms with Crippen molar-refractivity contribution in [2.24, 2.45) is 0 Å². The van der Waals surface area contributed by atoms with Crippen molar-refractivity contribution in [3.05, 3.63) is 59.2 Å². The topological polar surface area (TPSA) is 57.6 Å². The number of halogens is 3. The maximum atomic E-state index is 12.9. The van der Waals surface area contributed by atoms with E-state index in [2.05, 4.69) is 0 Å². The van der Waals surface area contributed by atoms with Gasteiger partial charge in [0.25, 0.3) is 10.0 Å². The molecule has 3 rings (SSSR count). The van der Waals surface area contributed by atoms with Crippen LogP contribution in [0.1, 0.15) is 16.7 Å². The number of anilines is 1. The summed E-state index contributed by atoms with van der Waals surface area (Å²) in [5.41, 5.74) is 0.817. The highest BCUT2D eigenvalue weighted by molar-refractivity contribution is 7.92. The Bertz CT molecular complexity index is 910. The standard InChI is InChI=1S/C17H16F3NO3S/c1-11-5-6-12-8-14(22)10-21(16(12)7-11)25(23,24)15-4-2-3-13(9-15)17(18,19)20/h2-7,9,14,22H,8,10H2,1H3/t14-/m1/s1. The largest absolute Gasteiger partial charge is 0.416 e. The van der Waals surface area contributed by atoms with E-state index in [0.717, 1.165) is 28.1 Å². The fourth-order valence-corrected chi connectivity index (χ4v) is 4.45. The van der Waals surface area contributed by atoms with Crippen LogP contribution in [0.3, 0.4) is 0 Å². The van der Waals surface area contributed by atoms with E-state index >= 15 is 0 Å². The molecule has 2 aromatic rings. The van der Waals surface area contributed by atoms with Gasteiger partial charge in [0.15, 0.2) is 0 Å². The van der Waals surface area contributed by atoms with Crippen molar-refractivity contribution < 1.29 is 26.7 Å². The van der Waals surface area contributed by atoms with E-state index in [1.165, 1.54) is 0 Å². The molecule has 1 atom stereocenters. The fourth-order valence-electron chi connectivity index (χ4n) is 2.87. The van der Waals surface area contributed by atoms with E-state index < -0.39 is 32.8 Å². The van der Waals surface area contributed by atoms with E-state index in [0.29, 0.717) is 23.7 Å². The zero-order valence-electron chi connectivity index (χ0n) is 13.3. The summed E-state index contributed by atoms with van der Waals surface area (Å²) in [7, 11) is -4.23. The number of β-amino-alcohol motifs (C(OH)–C–C–N with tert-alkyl or cyclic N) is 1. The van der Waals surface area contributed by atoms with Gasteiger partial charge in [0.2, 0.25) is 0 Å². The van der Waals surface area contributed by atoms with Gasteiger partial charge in [-0.15, -0.1) is 0 Å². The third kappa shape index (κ3) is 3.36.